The highest BCUT2D eigenvalue weighted by atomic mass is 16.9. The number of carbonyl (C=O) groups excluding carboxylic acids is 1. The summed E-state index contributed by atoms with van der Waals surface area (Å²) in [7, 11) is 0. The summed E-state index contributed by atoms with van der Waals surface area (Å²) in [5.41, 5.74) is -1.59. The molecule has 3 heterocycles. The molecule has 0 saturated carbocycles. The Kier molecular flexibility index (Phi) is 3.15. The second kappa shape index (κ2) is 4.86. The van der Waals surface area contributed by atoms with E-state index in [1.165, 1.54) is 24.4 Å². The van der Waals surface area contributed by atoms with Gasteiger partial charge >= 0.3 is 5.97 Å². The third-order valence-corrected chi connectivity index (χ3v) is 3.31. The summed E-state index contributed by atoms with van der Waals surface area (Å²) in [5.74, 6) is -1.14. The molecule has 0 aromatic carbocycles. The molecule has 0 aliphatic carbocycles. The number of hydrogen-bond acceptors (Lipinski definition) is 7. The lowest BCUT2D eigenvalue weighted by Gasteiger charge is -2.19. The maximum atomic E-state index is 12.2. The van der Waals surface area contributed by atoms with Gasteiger partial charge in [-0.05, 0) is 19.1 Å². The number of aliphatic carboxylic acids is 1. The van der Waals surface area contributed by atoms with E-state index in [9.17, 15) is 9.59 Å². The minimum Gasteiger partial charge on any atom is -0.478 e. The molecule has 0 radical (unpaired) electrons. The summed E-state index contributed by atoms with van der Waals surface area (Å²) >= 11 is 0. The van der Waals surface area contributed by atoms with Gasteiger partial charge in [-0.1, -0.05) is 0 Å². The molecular formula is C12H14N4O5. The Morgan fingerprint density at radius 3 is 3.05 bits per heavy atom. The average molecular weight is 294 g/mol. The van der Waals surface area contributed by atoms with Crippen LogP contribution in [0.1, 0.15) is 12.7 Å². The van der Waals surface area contributed by atoms with Gasteiger partial charge in [0.25, 0.3) is 11.6 Å². The van der Waals surface area contributed by atoms with E-state index in [1.54, 1.807) is 12.1 Å². The lowest BCUT2D eigenvalue weighted by molar-refractivity contribution is -0.145. The van der Waals surface area contributed by atoms with Crippen LogP contribution in [-0.2, 0) is 14.4 Å². The lowest BCUT2D eigenvalue weighted by atomic mass is 10.3. The molecule has 1 aromatic rings. The fourth-order valence-corrected chi connectivity index (χ4v) is 2.03. The number of hydroxylamine groups is 2. The number of amides is 1. The van der Waals surface area contributed by atoms with Crippen molar-refractivity contribution in [3.05, 3.63) is 24.2 Å². The van der Waals surface area contributed by atoms with E-state index in [-0.39, 0.29) is 0 Å². The smallest absolute Gasteiger partial charge is 0.362 e. The molecule has 1 aromatic heterocycles. The van der Waals surface area contributed by atoms with E-state index < -0.39 is 23.8 Å². The summed E-state index contributed by atoms with van der Waals surface area (Å²) in [6, 6.07) is 3.47. The van der Waals surface area contributed by atoms with Crippen molar-refractivity contribution >= 4 is 18.1 Å². The van der Waals surface area contributed by atoms with Crippen LogP contribution in [-0.4, -0.2) is 58.3 Å². The average Bonchev–Trinajstić information content (AvgIpc) is 2.89. The Hall–Kier alpha value is -2.39. The van der Waals surface area contributed by atoms with E-state index in [4.69, 9.17) is 14.4 Å². The summed E-state index contributed by atoms with van der Waals surface area (Å²) in [6.07, 6.45) is 2.26. The molecule has 2 aliphatic heterocycles. The topological polar surface area (TPSA) is 111 Å². The van der Waals surface area contributed by atoms with Crippen molar-refractivity contribution in [1.29, 1.82) is 0 Å². The van der Waals surface area contributed by atoms with Crippen molar-refractivity contribution in [2.75, 3.05) is 13.1 Å². The Bertz CT molecular complexity index is 586. The van der Waals surface area contributed by atoms with Crippen molar-refractivity contribution in [2.24, 2.45) is 5.10 Å². The van der Waals surface area contributed by atoms with Gasteiger partial charge in [0.05, 0.1) is 19.0 Å². The normalized spacial score (nSPS) is 28.3. The predicted molar refractivity (Wildman–Crippen MR) is 68.8 cm³/mol. The van der Waals surface area contributed by atoms with E-state index in [0.29, 0.717) is 18.8 Å². The number of rotatable bonds is 4. The number of hydrazone groups is 1. The zero-order valence-corrected chi connectivity index (χ0v) is 11.2. The number of carboxylic acids is 1. The second-order valence-corrected chi connectivity index (χ2v) is 4.79. The highest BCUT2D eigenvalue weighted by molar-refractivity contribution is 5.90. The van der Waals surface area contributed by atoms with Gasteiger partial charge < -0.3 is 9.52 Å². The van der Waals surface area contributed by atoms with Gasteiger partial charge in [-0.2, -0.15) is 10.2 Å². The summed E-state index contributed by atoms with van der Waals surface area (Å²) < 4.78 is 5.12. The fourth-order valence-electron chi connectivity index (χ4n) is 2.03. The molecule has 2 N–H and O–H groups in total. The van der Waals surface area contributed by atoms with Crippen molar-refractivity contribution in [3.8, 4) is 0 Å². The molecule has 112 valence electrons. The highest BCUT2D eigenvalue weighted by Crippen LogP contribution is 2.35. The number of carboxylic acid groups (broad SMARTS) is 1. The van der Waals surface area contributed by atoms with E-state index in [1.807, 2.05) is 0 Å². The van der Waals surface area contributed by atoms with Crippen LogP contribution in [0.5, 0.6) is 0 Å². The third kappa shape index (κ3) is 2.36. The highest BCUT2D eigenvalue weighted by Gasteiger charge is 2.63. The largest absolute Gasteiger partial charge is 0.478 e. The quantitative estimate of drug-likeness (QED) is 0.564. The molecule has 2 atom stereocenters. The number of nitrogens with zero attached hydrogens (tertiary/aromatic N) is 3. The van der Waals surface area contributed by atoms with Crippen LogP contribution in [0.25, 0.3) is 0 Å². The summed E-state index contributed by atoms with van der Waals surface area (Å²) in [5, 5.41) is 18.5. The lowest BCUT2D eigenvalue weighted by Crippen LogP contribution is -2.46. The van der Waals surface area contributed by atoms with Gasteiger partial charge in [0.2, 0.25) is 0 Å². The number of hydrogen-bond donors (Lipinski definition) is 2. The van der Waals surface area contributed by atoms with Gasteiger partial charge in [0.15, 0.2) is 6.17 Å². The summed E-state index contributed by atoms with van der Waals surface area (Å²) in [6.45, 7) is 2.40. The molecule has 2 aliphatic rings. The van der Waals surface area contributed by atoms with E-state index in [0.717, 1.165) is 5.06 Å². The Balaban J connectivity index is 1.67. The molecule has 0 bridgehead atoms. The molecule has 1 amide bonds. The van der Waals surface area contributed by atoms with E-state index in [2.05, 4.69) is 10.4 Å². The predicted octanol–water partition coefficient (Wildman–Crippen LogP) is -0.581. The van der Waals surface area contributed by atoms with Crippen LogP contribution in [0.3, 0.4) is 0 Å². The first-order chi connectivity index (χ1) is 10.0. The number of carbonyl (C=O) groups is 2. The maximum Gasteiger partial charge on any atom is 0.362 e. The molecular weight excluding hydrogens is 280 g/mol. The Labute approximate surface area is 119 Å². The van der Waals surface area contributed by atoms with Crippen LogP contribution in [0, 0.1) is 0 Å². The standard InChI is InChI=1S/C12H14N4O5/c1-12(11(18)19)16(21-12)10(17)9-13-4-5-15(9)14-7-8-3-2-6-20-8/h2-3,6-7,9,13H,4-5H2,1H3,(H,18,19)/t9?,12-,16?/m1/s1. The van der Waals surface area contributed by atoms with E-state index >= 15 is 0 Å². The molecule has 3 rings (SSSR count). The van der Waals surface area contributed by atoms with Crippen LogP contribution in [0.15, 0.2) is 27.9 Å². The first-order valence-electron chi connectivity index (χ1n) is 6.36. The first-order valence-corrected chi connectivity index (χ1v) is 6.36. The summed E-state index contributed by atoms with van der Waals surface area (Å²) in [4.78, 5) is 28.1. The van der Waals surface area contributed by atoms with Crippen molar-refractivity contribution in [3.63, 3.8) is 0 Å². The Morgan fingerprint density at radius 1 is 1.62 bits per heavy atom. The third-order valence-electron chi connectivity index (χ3n) is 3.31. The zero-order chi connectivity index (χ0) is 15.0. The van der Waals surface area contributed by atoms with Gasteiger partial charge in [-0.3, -0.25) is 15.1 Å². The molecule has 2 saturated heterocycles. The monoisotopic (exact) mass is 294 g/mol. The molecule has 21 heavy (non-hydrogen) atoms. The van der Waals surface area contributed by atoms with Crippen molar-refractivity contribution in [2.45, 2.75) is 18.8 Å². The fraction of sp³-hybridized carbons (Fsp3) is 0.417. The molecule has 1 unspecified atom stereocenters. The molecule has 0 spiro atoms. The van der Waals surface area contributed by atoms with Crippen LogP contribution >= 0.6 is 0 Å². The molecule has 9 nitrogen and oxygen atoms in total. The van der Waals surface area contributed by atoms with Gasteiger partial charge in [0, 0.05) is 6.54 Å². The van der Waals surface area contributed by atoms with Crippen molar-refractivity contribution < 1.29 is 24.0 Å². The number of nitrogens with one attached hydrogen (secondary N) is 1. The van der Waals surface area contributed by atoms with Crippen LogP contribution in [0.4, 0.5) is 0 Å². The second-order valence-electron chi connectivity index (χ2n) is 4.79. The molecule has 2 fully saturated rings. The van der Waals surface area contributed by atoms with Crippen LogP contribution < -0.4 is 5.32 Å². The minimum atomic E-state index is -1.59. The van der Waals surface area contributed by atoms with Gasteiger partial charge in [0.1, 0.15) is 5.76 Å². The van der Waals surface area contributed by atoms with Gasteiger partial charge in [-0.25, -0.2) is 9.63 Å². The van der Waals surface area contributed by atoms with Gasteiger partial charge in [-0.15, -0.1) is 0 Å². The zero-order valence-electron chi connectivity index (χ0n) is 11.2. The maximum absolute atomic E-state index is 12.2. The van der Waals surface area contributed by atoms with Crippen LogP contribution in [0.2, 0.25) is 0 Å². The molecule has 9 heteroatoms. The SMILES string of the molecule is C[C@]1(C(=O)O)ON1C(=O)C1NCCN1N=Cc1ccco1. The van der Waals surface area contributed by atoms with Crippen molar-refractivity contribution in [1.82, 2.24) is 15.4 Å². The Morgan fingerprint density at radius 2 is 2.43 bits per heavy atom. The minimum absolute atomic E-state index is 0.492. The number of furan rings is 1. The first kappa shape index (κ1) is 13.6.